The number of rotatable bonds is 3. The molecule has 1 unspecified atom stereocenters. The van der Waals surface area contributed by atoms with Crippen LogP contribution in [0.3, 0.4) is 0 Å². The van der Waals surface area contributed by atoms with Gasteiger partial charge in [-0.25, -0.2) is 14.4 Å². The van der Waals surface area contributed by atoms with Crippen LogP contribution in [-0.4, -0.2) is 54.2 Å². The number of nitrogens with zero attached hydrogens (tertiary/aromatic N) is 4. The minimum Gasteiger partial charge on any atom is -0.394 e. The first-order valence-electron chi connectivity index (χ1n) is 6.89. The van der Waals surface area contributed by atoms with Gasteiger partial charge >= 0.3 is 0 Å². The molecule has 3 rings (SSSR count). The Hall–Kier alpha value is -2.30. The molecular formula is C13H17FN6O3. The van der Waals surface area contributed by atoms with E-state index in [0.29, 0.717) is 11.3 Å². The minimum absolute atomic E-state index is 0.0371. The van der Waals surface area contributed by atoms with Crippen LogP contribution >= 0.6 is 0 Å². The summed E-state index contributed by atoms with van der Waals surface area (Å²) in [5.41, 5.74) is 9.98. The van der Waals surface area contributed by atoms with Crippen molar-refractivity contribution >= 4 is 11.8 Å². The Kier molecular flexibility index (Phi) is 3.66. The van der Waals surface area contributed by atoms with Crippen molar-refractivity contribution in [2.24, 2.45) is 0 Å². The Bertz CT molecular complexity index is 721. The number of nitrogens with two attached hydrogens (primary N) is 2. The maximum atomic E-state index is 14.7. The van der Waals surface area contributed by atoms with E-state index >= 15 is 0 Å². The number of aliphatic hydroxyl groups excluding tert-OH is 2. The summed E-state index contributed by atoms with van der Waals surface area (Å²) in [4.78, 5) is 11.8. The molecule has 3 heterocycles. The van der Waals surface area contributed by atoms with Crippen molar-refractivity contribution in [3.63, 3.8) is 0 Å². The highest BCUT2D eigenvalue weighted by molar-refractivity contribution is 5.70. The molecule has 0 aromatic carbocycles. The van der Waals surface area contributed by atoms with Gasteiger partial charge in [0.1, 0.15) is 18.0 Å². The van der Waals surface area contributed by atoms with E-state index in [1.165, 1.54) is 30.2 Å². The maximum Gasteiger partial charge on any atom is 0.221 e. The summed E-state index contributed by atoms with van der Waals surface area (Å²) in [7, 11) is 0. The molecule has 1 aliphatic heterocycles. The molecule has 1 aliphatic rings. The summed E-state index contributed by atoms with van der Waals surface area (Å²) in [6.07, 6.45) is 0.672. The number of aromatic nitrogens is 4. The number of hydrogen-bond acceptors (Lipinski definition) is 8. The van der Waals surface area contributed by atoms with E-state index in [1.807, 2.05) is 0 Å². The number of halogens is 1. The lowest BCUT2D eigenvalue weighted by Gasteiger charge is -2.24. The highest BCUT2D eigenvalue weighted by atomic mass is 19.1. The van der Waals surface area contributed by atoms with E-state index < -0.39 is 30.7 Å². The Morgan fingerprint density at radius 3 is 2.78 bits per heavy atom. The molecular weight excluding hydrogens is 307 g/mol. The van der Waals surface area contributed by atoms with Crippen molar-refractivity contribution in [1.82, 2.24) is 19.5 Å². The SMILES string of the molecule is C[C@@]1(F)C(O)[C@@H](CO)O[C@H]1n1cnc(-c2cnc(N)nc2N)c1. The number of imidazole rings is 1. The van der Waals surface area contributed by atoms with Crippen LogP contribution < -0.4 is 11.5 Å². The maximum absolute atomic E-state index is 14.7. The van der Waals surface area contributed by atoms with Gasteiger partial charge in [0.15, 0.2) is 11.9 Å². The molecule has 124 valence electrons. The van der Waals surface area contributed by atoms with E-state index in [4.69, 9.17) is 21.3 Å². The summed E-state index contributed by atoms with van der Waals surface area (Å²) in [6.45, 7) is 0.718. The normalized spacial score (nSPS) is 30.7. The third-order valence-corrected chi connectivity index (χ3v) is 3.88. The van der Waals surface area contributed by atoms with Crippen LogP contribution in [0.4, 0.5) is 16.2 Å². The topological polar surface area (TPSA) is 145 Å². The van der Waals surface area contributed by atoms with Crippen LogP contribution in [0.15, 0.2) is 18.7 Å². The molecule has 2 aromatic rings. The predicted molar refractivity (Wildman–Crippen MR) is 78.6 cm³/mol. The fourth-order valence-electron chi connectivity index (χ4n) is 2.60. The zero-order chi connectivity index (χ0) is 16.8. The van der Waals surface area contributed by atoms with Gasteiger partial charge in [-0.3, -0.25) is 0 Å². The van der Waals surface area contributed by atoms with E-state index in [0.717, 1.165) is 0 Å². The summed E-state index contributed by atoms with van der Waals surface area (Å²) in [6, 6.07) is 0. The molecule has 9 nitrogen and oxygen atoms in total. The minimum atomic E-state index is -2.09. The van der Waals surface area contributed by atoms with Gasteiger partial charge in [0.25, 0.3) is 0 Å². The third kappa shape index (κ3) is 2.50. The second-order valence-corrected chi connectivity index (χ2v) is 5.54. The Morgan fingerprint density at radius 1 is 1.43 bits per heavy atom. The Labute approximate surface area is 130 Å². The van der Waals surface area contributed by atoms with Crippen molar-refractivity contribution in [3.05, 3.63) is 18.7 Å². The van der Waals surface area contributed by atoms with Crippen molar-refractivity contribution < 1.29 is 19.3 Å². The van der Waals surface area contributed by atoms with Crippen LogP contribution in [0.2, 0.25) is 0 Å². The summed E-state index contributed by atoms with van der Waals surface area (Å²) >= 11 is 0. The van der Waals surface area contributed by atoms with Crippen molar-refractivity contribution in [1.29, 1.82) is 0 Å². The van der Waals surface area contributed by atoms with Crippen LogP contribution in [0.1, 0.15) is 13.2 Å². The lowest BCUT2D eigenvalue weighted by Crippen LogP contribution is -2.40. The largest absolute Gasteiger partial charge is 0.394 e. The number of nitrogen functional groups attached to an aromatic ring is 2. The molecule has 4 atom stereocenters. The van der Waals surface area contributed by atoms with Crippen LogP contribution in [0, 0.1) is 0 Å². The number of ether oxygens (including phenoxy) is 1. The monoisotopic (exact) mass is 324 g/mol. The van der Waals surface area contributed by atoms with E-state index in [2.05, 4.69) is 15.0 Å². The zero-order valence-corrected chi connectivity index (χ0v) is 12.3. The molecule has 0 spiro atoms. The average Bonchev–Trinajstić information content (AvgIpc) is 3.04. The van der Waals surface area contributed by atoms with Crippen LogP contribution in [-0.2, 0) is 4.74 Å². The molecule has 0 bridgehead atoms. The summed E-state index contributed by atoms with van der Waals surface area (Å²) in [5, 5.41) is 19.1. The van der Waals surface area contributed by atoms with Crippen LogP contribution in [0.25, 0.3) is 11.3 Å². The third-order valence-electron chi connectivity index (χ3n) is 3.88. The fraction of sp³-hybridized carbons (Fsp3) is 0.462. The molecule has 6 N–H and O–H groups in total. The first-order valence-corrected chi connectivity index (χ1v) is 6.89. The van der Waals surface area contributed by atoms with E-state index in [1.54, 1.807) is 0 Å². The summed E-state index contributed by atoms with van der Waals surface area (Å²) < 4.78 is 21.5. The molecule has 0 saturated carbocycles. The standard InChI is InChI=1S/C13H17FN6O3/c1-13(14)9(22)8(4-21)23-11(13)20-3-7(18-5-20)6-2-17-12(16)19-10(6)15/h2-3,5,8-9,11,21-22H,4H2,1H3,(H4,15,16,17,19)/t8-,9?,11-,13-/m1/s1. The molecule has 1 saturated heterocycles. The summed E-state index contributed by atoms with van der Waals surface area (Å²) in [5.74, 6) is 0.182. The number of hydrogen-bond donors (Lipinski definition) is 4. The number of anilines is 2. The highest BCUT2D eigenvalue weighted by Gasteiger charge is 2.54. The van der Waals surface area contributed by atoms with Gasteiger partial charge in [-0.1, -0.05) is 0 Å². The van der Waals surface area contributed by atoms with Crippen molar-refractivity contribution in [3.8, 4) is 11.3 Å². The molecule has 0 radical (unpaired) electrons. The van der Waals surface area contributed by atoms with E-state index in [9.17, 15) is 9.50 Å². The smallest absolute Gasteiger partial charge is 0.221 e. The van der Waals surface area contributed by atoms with Gasteiger partial charge in [0, 0.05) is 12.4 Å². The van der Waals surface area contributed by atoms with Gasteiger partial charge in [-0.2, -0.15) is 4.98 Å². The second-order valence-electron chi connectivity index (χ2n) is 5.54. The number of aliphatic hydroxyl groups is 2. The lowest BCUT2D eigenvalue weighted by molar-refractivity contribution is -0.0586. The van der Waals surface area contributed by atoms with Gasteiger partial charge in [-0.15, -0.1) is 0 Å². The van der Waals surface area contributed by atoms with Crippen LogP contribution in [0.5, 0.6) is 0 Å². The molecule has 2 aromatic heterocycles. The Balaban J connectivity index is 1.93. The zero-order valence-electron chi connectivity index (χ0n) is 12.3. The van der Waals surface area contributed by atoms with Gasteiger partial charge in [0.2, 0.25) is 5.95 Å². The Morgan fingerprint density at radius 2 is 2.17 bits per heavy atom. The quantitative estimate of drug-likeness (QED) is 0.590. The van der Waals surface area contributed by atoms with Crippen molar-refractivity contribution in [2.75, 3.05) is 18.1 Å². The predicted octanol–water partition coefficient (Wildman–Crippen LogP) is -0.517. The molecule has 10 heteroatoms. The molecule has 23 heavy (non-hydrogen) atoms. The average molecular weight is 324 g/mol. The van der Waals surface area contributed by atoms with Gasteiger partial charge < -0.3 is 31.0 Å². The van der Waals surface area contributed by atoms with Crippen molar-refractivity contribution in [2.45, 2.75) is 31.0 Å². The lowest BCUT2D eigenvalue weighted by atomic mass is 9.99. The van der Waals surface area contributed by atoms with Gasteiger partial charge in [-0.05, 0) is 6.92 Å². The fourth-order valence-corrected chi connectivity index (χ4v) is 2.60. The number of alkyl halides is 1. The molecule has 0 aliphatic carbocycles. The van der Waals surface area contributed by atoms with E-state index in [-0.39, 0.29) is 11.8 Å². The first kappa shape index (κ1) is 15.6. The molecule has 1 fully saturated rings. The highest BCUT2D eigenvalue weighted by Crippen LogP contribution is 2.41. The second kappa shape index (κ2) is 5.41. The first-order chi connectivity index (χ1) is 10.8. The van der Waals surface area contributed by atoms with Gasteiger partial charge in [0.05, 0.1) is 24.2 Å². The molecule has 0 amide bonds.